The number of ether oxygens (including phenoxy) is 2. The molecule has 0 spiro atoms. The molecule has 0 radical (unpaired) electrons. The third kappa shape index (κ3) is 4.05. The number of rotatable bonds is 4. The molecule has 1 aromatic rings. The molecule has 0 aliphatic carbocycles. The van der Waals surface area contributed by atoms with Crippen LogP contribution < -0.4 is 0 Å². The molecule has 5 nitrogen and oxygen atoms in total. The van der Waals surface area contributed by atoms with Crippen molar-refractivity contribution in [3.8, 4) is 6.07 Å². The fourth-order valence-electron chi connectivity index (χ4n) is 2.31. The summed E-state index contributed by atoms with van der Waals surface area (Å²) in [5.41, 5.74) is 1.77. The Bertz CT molecular complexity index is 510. The maximum absolute atomic E-state index is 11.3. The van der Waals surface area contributed by atoms with E-state index in [2.05, 4.69) is 15.7 Å². The monoisotopic (exact) mass is 274 g/mol. The van der Waals surface area contributed by atoms with E-state index in [4.69, 9.17) is 10.00 Å². The van der Waals surface area contributed by atoms with Crippen LogP contribution in [0.2, 0.25) is 0 Å². The van der Waals surface area contributed by atoms with E-state index in [1.807, 2.05) is 18.2 Å². The van der Waals surface area contributed by atoms with Crippen LogP contribution in [0.4, 0.5) is 0 Å². The average molecular weight is 274 g/mol. The molecular weight excluding hydrogens is 256 g/mol. The summed E-state index contributed by atoms with van der Waals surface area (Å²) in [6.45, 7) is 2.90. The van der Waals surface area contributed by atoms with Crippen molar-refractivity contribution < 1.29 is 14.3 Å². The molecule has 2 rings (SSSR count). The van der Waals surface area contributed by atoms with Crippen molar-refractivity contribution in [2.45, 2.75) is 19.1 Å². The van der Waals surface area contributed by atoms with Gasteiger partial charge in [-0.15, -0.1) is 0 Å². The van der Waals surface area contributed by atoms with Crippen LogP contribution in [0.5, 0.6) is 0 Å². The predicted molar refractivity (Wildman–Crippen MR) is 72.8 cm³/mol. The number of hydrogen-bond acceptors (Lipinski definition) is 5. The second-order valence-electron chi connectivity index (χ2n) is 4.82. The fourth-order valence-corrected chi connectivity index (χ4v) is 2.31. The van der Waals surface area contributed by atoms with Crippen molar-refractivity contribution in [3.63, 3.8) is 0 Å². The number of esters is 1. The molecule has 106 valence electrons. The second-order valence-corrected chi connectivity index (χ2v) is 4.82. The topological polar surface area (TPSA) is 62.6 Å². The van der Waals surface area contributed by atoms with Gasteiger partial charge in [0.1, 0.15) is 0 Å². The number of methoxy groups -OCH3 is 1. The van der Waals surface area contributed by atoms with Gasteiger partial charge in [0.15, 0.2) is 0 Å². The van der Waals surface area contributed by atoms with Crippen LogP contribution in [0, 0.1) is 11.3 Å². The molecule has 0 saturated carbocycles. The number of nitrogens with zero attached hydrogens (tertiary/aromatic N) is 2. The van der Waals surface area contributed by atoms with E-state index in [1.165, 1.54) is 7.11 Å². The summed E-state index contributed by atoms with van der Waals surface area (Å²) in [6, 6.07) is 9.73. The normalized spacial score (nSPS) is 19.3. The van der Waals surface area contributed by atoms with E-state index in [1.54, 1.807) is 6.07 Å². The minimum Gasteiger partial charge on any atom is -0.469 e. The Morgan fingerprint density at radius 1 is 1.60 bits per heavy atom. The number of morpholine rings is 1. The Balaban J connectivity index is 1.92. The van der Waals surface area contributed by atoms with E-state index in [0.29, 0.717) is 18.7 Å². The maximum Gasteiger partial charge on any atom is 0.308 e. The lowest BCUT2D eigenvalue weighted by Crippen LogP contribution is -2.42. The van der Waals surface area contributed by atoms with Crippen molar-refractivity contribution in [2.24, 2.45) is 0 Å². The SMILES string of the molecule is COC(=O)CC1CN(Cc2cccc(C#N)c2)CCO1. The van der Waals surface area contributed by atoms with E-state index in [0.717, 1.165) is 18.7 Å². The first-order chi connectivity index (χ1) is 9.71. The molecule has 0 N–H and O–H groups in total. The van der Waals surface area contributed by atoms with Crippen LogP contribution in [-0.2, 0) is 20.8 Å². The summed E-state index contributed by atoms with van der Waals surface area (Å²) >= 11 is 0. The fraction of sp³-hybridized carbons (Fsp3) is 0.467. The van der Waals surface area contributed by atoms with Gasteiger partial charge in [-0.2, -0.15) is 5.26 Å². The smallest absolute Gasteiger partial charge is 0.308 e. The Hall–Kier alpha value is -1.90. The van der Waals surface area contributed by atoms with Crippen molar-refractivity contribution >= 4 is 5.97 Å². The minimum atomic E-state index is -0.247. The molecule has 20 heavy (non-hydrogen) atoms. The second kappa shape index (κ2) is 7.04. The average Bonchev–Trinajstić information content (AvgIpc) is 2.47. The summed E-state index contributed by atoms with van der Waals surface area (Å²) < 4.78 is 10.2. The molecule has 1 atom stereocenters. The largest absolute Gasteiger partial charge is 0.469 e. The highest BCUT2D eigenvalue weighted by Gasteiger charge is 2.23. The van der Waals surface area contributed by atoms with Crippen LogP contribution in [0.15, 0.2) is 24.3 Å². The maximum atomic E-state index is 11.3. The molecule has 1 fully saturated rings. The van der Waals surface area contributed by atoms with Crippen molar-refractivity contribution in [1.82, 2.24) is 4.90 Å². The van der Waals surface area contributed by atoms with Crippen molar-refractivity contribution in [3.05, 3.63) is 35.4 Å². The van der Waals surface area contributed by atoms with Crippen molar-refractivity contribution in [2.75, 3.05) is 26.8 Å². The van der Waals surface area contributed by atoms with Gasteiger partial charge in [-0.1, -0.05) is 12.1 Å². The lowest BCUT2D eigenvalue weighted by atomic mass is 10.1. The molecule has 0 bridgehead atoms. The first kappa shape index (κ1) is 14.5. The van der Waals surface area contributed by atoms with E-state index in [-0.39, 0.29) is 18.5 Å². The van der Waals surface area contributed by atoms with E-state index < -0.39 is 0 Å². The molecule has 0 amide bonds. The summed E-state index contributed by atoms with van der Waals surface area (Å²) in [4.78, 5) is 13.5. The summed E-state index contributed by atoms with van der Waals surface area (Å²) in [5.74, 6) is -0.247. The zero-order valence-electron chi connectivity index (χ0n) is 11.5. The number of hydrogen-bond donors (Lipinski definition) is 0. The highest BCUT2D eigenvalue weighted by Crippen LogP contribution is 2.14. The molecule has 1 aromatic carbocycles. The Morgan fingerprint density at radius 2 is 2.45 bits per heavy atom. The molecule has 1 unspecified atom stereocenters. The van der Waals surface area contributed by atoms with Crippen molar-refractivity contribution in [1.29, 1.82) is 5.26 Å². The van der Waals surface area contributed by atoms with Crippen LogP contribution in [0.3, 0.4) is 0 Å². The Labute approximate surface area is 118 Å². The minimum absolute atomic E-state index is 0.115. The van der Waals surface area contributed by atoms with Gasteiger partial charge in [0.25, 0.3) is 0 Å². The first-order valence-electron chi connectivity index (χ1n) is 6.61. The zero-order valence-corrected chi connectivity index (χ0v) is 11.5. The molecule has 0 aromatic heterocycles. The molecule has 1 heterocycles. The predicted octanol–water partition coefficient (Wildman–Crippen LogP) is 1.32. The van der Waals surface area contributed by atoms with E-state index in [9.17, 15) is 4.79 Å². The number of carbonyl (C=O) groups excluding carboxylic acids is 1. The van der Waals surface area contributed by atoms with Gasteiger partial charge in [0.05, 0.1) is 37.9 Å². The molecular formula is C15H18N2O3. The first-order valence-corrected chi connectivity index (χ1v) is 6.61. The third-order valence-corrected chi connectivity index (χ3v) is 3.31. The Morgan fingerprint density at radius 3 is 3.20 bits per heavy atom. The Kier molecular flexibility index (Phi) is 5.10. The van der Waals surface area contributed by atoms with Crippen LogP contribution >= 0.6 is 0 Å². The van der Waals surface area contributed by atoms with E-state index >= 15 is 0 Å². The van der Waals surface area contributed by atoms with Gasteiger partial charge >= 0.3 is 5.97 Å². The third-order valence-electron chi connectivity index (χ3n) is 3.31. The lowest BCUT2D eigenvalue weighted by Gasteiger charge is -2.32. The summed E-state index contributed by atoms with van der Waals surface area (Å²) in [7, 11) is 1.39. The summed E-state index contributed by atoms with van der Waals surface area (Å²) in [6.07, 6.45) is 0.168. The number of benzene rings is 1. The van der Waals surface area contributed by atoms with Crippen LogP contribution in [0.1, 0.15) is 17.5 Å². The highest BCUT2D eigenvalue weighted by atomic mass is 16.5. The highest BCUT2D eigenvalue weighted by molar-refractivity contribution is 5.69. The van der Waals surface area contributed by atoms with Crippen LogP contribution in [0.25, 0.3) is 0 Å². The van der Waals surface area contributed by atoms with Gasteiger partial charge in [0.2, 0.25) is 0 Å². The standard InChI is InChI=1S/C15H18N2O3/c1-19-15(18)8-14-11-17(5-6-20-14)10-13-4-2-3-12(7-13)9-16/h2-4,7,14H,5-6,8,10-11H2,1H3. The van der Waals surface area contributed by atoms with Gasteiger partial charge < -0.3 is 9.47 Å². The molecule has 1 aliphatic heterocycles. The molecule has 1 aliphatic rings. The molecule has 5 heteroatoms. The zero-order chi connectivity index (χ0) is 14.4. The number of carbonyl (C=O) groups is 1. The lowest BCUT2D eigenvalue weighted by molar-refractivity contribution is -0.145. The van der Waals surface area contributed by atoms with Gasteiger partial charge in [0, 0.05) is 19.6 Å². The molecule has 1 saturated heterocycles. The number of nitriles is 1. The van der Waals surface area contributed by atoms with Gasteiger partial charge in [-0.25, -0.2) is 0 Å². The van der Waals surface area contributed by atoms with Gasteiger partial charge in [-0.05, 0) is 17.7 Å². The van der Waals surface area contributed by atoms with Crippen LogP contribution in [-0.4, -0.2) is 43.8 Å². The van der Waals surface area contributed by atoms with Gasteiger partial charge in [-0.3, -0.25) is 9.69 Å². The quantitative estimate of drug-likeness (QED) is 0.775. The summed E-state index contributed by atoms with van der Waals surface area (Å²) in [5, 5.41) is 8.90.